The minimum atomic E-state index is -0.538. The first-order chi connectivity index (χ1) is 17.9. The van der Waals surface area contributed by atoms with Crippen molar-refractivity contribution >= 4 is 41.6 Å². The van der Waals surface area contributed by atoms with E-state index in [9.17, 15) is 14.4 Å². The van der Waals surface area contributed by atoms with Crippen LogP contribution in [0.2, 0.25) is 0 Å². The van der Waals surface area contributed by atoms with Gasteiger partial charge in [-0.05, 0) is 34.9 Å². The van der Waals surface area contributed by atoms with Crippen LogP contribution in [0.15, 0.2) is 103 Å². The first-order valence-corrected chi connectivity index (χ1v) is 12.5. The second-order valence-electron chi connectivity index (χ2n) is 8.61. The van der Waals surface area contributed by atoms with Crippen LogP contribution in [-0.2, 0) is 16.0 Å². The Balaban J connectivity index is 0.00000400. The van der Waals surface area contributed by atoms with Crippen LogP contribution in [0.1, 0.15) is 21.5 Å². The minimum absolute atomic E-state index is 0. The molecule has 4 aromatic rings. The predicted octanol–water partition coefficient (Wildman–Crippen LogP) is 1.25. The van der Waals surface area contributed by atoms with Crippen molar-refractivity contribution in [2.75, 3.05) is 16.4 Å². The highest BCUT2D eigenvalue weighted by Gasteiger charge is 2.19. The fourth-order valence-corrected chi connectivity index (χ4v) is 3.98. The van der Waals surface area contributed by atoms with Crippen molar-refractivity contribution in [3.63, 3.8) is 0 Å². The number of quaternary nitrogens is 1. The van der Waals surface area contributed by atoms with E-state index in [1.807, 2.05) is 60.7 Å². The van der Waals surface area contributed by atoms with Gasteiger partial charge in [-0.25, -0.2) is 0 Å². The molecule has 0 aliphatic carbocycles. The summed E-state index contributed by atoms with van der Waals surface area (Å²) in [5, 5.41) is 5.64. The highest BCUT2D eigenvalue weighted by Crippen LogP contribution is 2.25. The average molecular weight is 546 g/mol. The van der Waals surface area contributed by atoms with Gasteiger partial charge in [0.25, 0.3) is 5.91 Å². The van der Waals surface area contributed by atoms with Gasteiger partial charge in [0.1, 0.15) is 0 Å². The van der Waals surface area contributed by atoms with Crippen molar-refractivity contribution in [2.45, 2.75) is 12.5 Å². The molecule has 38 heavy (non-hydrogen) atoms. The van der Waals surface area contributed by atoms with E-state index in [0.29, 0.717) is 22.7 Å². The number of thiol groups is 1. The smallest absolute Gasteiger partial charge is 0.283 e. The molecule has 4 aromatic carbocycles. The zero-order valence-corrected chi connectivity index (χ0v) is 22.2. The molecule has 8 heteroatoms. The molecule has 4 rings (SSSR count). The van der Waals surface area contributed by atoms with Gasteiger partial charge in [0, 0.05) is 16.8 Å². The highest BCUT2D eigenvalue weighted by atomic mass is 35.5. The van der Waals surface area contributed by atoms with Crippen LogP contribution in [0, 0.1) is 0 Å². The fraction of sp³-hybridized carbons (Fsp3) is 0.100. The molecule has 0 spiro atoms. The molecule has 2 amide bonds. The molecule has 1 atom stereocenters. The van der Waals surface area contributed by atoms with E-state index in [1.54, 1.807) is 42.5 Å². The molecule has 0 heterocycles. The Morgan fingerprint density at radius 3 is 2.00 bits per heavy atom. The lowest BCUT2D eigenvalue weighted by atomic mass is 10.00. The zero-order chi connectivity index (χ0) is 26.2. The number of benzene rings is 4. The molecule has 0 saturated heterocycles. The van der Waals surface area contributed by atoms with Gasteiger partial charge in [0.15, 0.2) is 11.8 Å². The summed E-state index contributed by atoms with van der Waals surface area (Å²) in [6.45, 7) is 0. The fourth-order valence-electron chi connectivity index (χ4n) is 3.82. The summed E-state index contributed by atoms with van der Waals surface area (Å²) in [6, 6.07) is 30.9. The van der Waals surface area contributed by atoms with Gasteiger partial charge in [-0.3, -0.25) is 14.4 Å². The summed E-state index contributed by atoms with van der Waals surface area (Å²) >= 11 is 4.12. The maximum atomic E-state index is 13.3. The lowest BCUT2D eigenvalue weighted by Gasteiger charge is -2.14. The third-order valence-electron chi connectivity index (χ3n) is 5.86. The van der Waals surface area contributed by atoms with Crippen molar-refractivity contribution in [1.29, 1.82) is 0 Å². The topological polar surface area (TPSA) is 103 Å². The van der Waals surface area contributed by atoms with Gasteiger partial charge in [0.05, 0.1) is 17.9 Å². The van der Waals surface area contributed by atoms with Crippen molar-refractivity contribution < 1.29 is 32.5 Å². The number of hydrogen-bond donors (Lipinski definition) is 4. The Labute approximate surface area is 233 Å². The molecule has 0 aliphatic heterocycles. The molecule has 6 nitrogen and oxygen atoms in total. The van der Waals surface area contributed by atoms with Gasteiger partial charge in [-0.1, -0.05) is 84.9 Å². The summed E-state index contributed by atoms with van der Waals surface area (Å²) in [6.07, 6.45) is 0.150. The molecular formula is C30H28ClN3O3S. The maximum absolute atomic E-state index is 13.3. The van der Waals surface area contributed by atoms with Crippen molar-refractivity contribution in [1.82, 2.24) is 0 Å². The Kier molecular flexibility index (Phi) is 10.2. The zero-order valence-electron chi connectivity index (χ0n) is 20.6. The van der Waals surface area contributed by atoms with Crippen LogP contribution in [0.3, 0.4) is 0 Å². The van der Waals surface area contributed by atoms with E-state index < -0.39 is 6.04 Å². The van der Waals surface area contributed by atoms with E-state index >= 15 is 0 Å². The van der Waals surface area contributed by atoms with E-state index in [4.69, 9.17) is 0 Å². The molecule has 5 N–H and O–H groups in total. The second-order valence-corrected chi connectivity index (χ2v) is 8.98. The molecule has 0 aromatic heterocycles. The van der Waals surface area contributed by atoms with Gasteiger partial charge in [-0.15, -0.1) is 0 Å². The third-order valence-corrected chi connectivity index (χ3v) is 6.30. The summed E-state index contributed by atoms with van der Waals surface area (Å²) in [7, 11) is 0. The number of nitrogens with one attached hydrogen (secondary N) is 2. The van der Waals surface area contributed by atoms with Gasteiger partial charge in [0.2, 0.25) is 5.91 Å². The number of hydrogen-bond acceptors (Lipinski definition) is 4. The Bertz CT molecular complexity index is 1400. The van der Waals surface area contributed by atoms with Gasteiger partial charge in [-0.2, -0.15) is 12.6 Å². The quantitative estimate of drug-likeness (QED) is 0.188. The largest absolute Gasteiger partial charge is 1.00 e. The van der Waals surface area contributed by atoms with E-state index in [2.05, 4.69) is 29.0 Å². The molecule has 194 valence electrons. The highest BCUT2D eigenvalue weighted by molar-refractivity contribution is 7.80. The SMILES string of the molecule is [Cl-].[NH3+][C@@H](CS)C(=O)Nc1ccc(NC(=O)Cc2ccc(-c3ccccc3)cc2)c(C(=O)c2ccccc2)c1. The monoisotopic (exact) mass is 545 g/mol. The average Bonchev–Trinajstić information content (AvgIpc) is 2.94. The Hall–Kier alpha value is -3.91. The maximum Gasteiger partial charge on any atom is 0.283 e. The second kappa shape index (κ2) is 13.6. The summed E-state index contributed by atoms with van der Waals surface area (Å²) < 4.78 is 0. The summed E-state index contributed by atoms with van der Waals surface area (Å²) in [5.74, 6) is -0.523. The molecule has 0 radical (unpaired) electrons. The van der Waals surface area contributed by atoms with Crippen LogP contribution >= 0.6 is 12.6 Å². The lowest BCUT2D eigenvalue weighted by Crippen LogP contribution is -3.00. The standard InChI is InChI=1S/C30H27N3O3S.ClH/c31-26(19-37)30(36)32-24-15-16-27(25(18-24)29(35)23-9-5-2-6-10-23)33-28(34)17-20-11-13-22(14-12-20)21-7-3-1-4-8-21;/h1-16,18,26,37H,17,19,31H2,(H,32,36)(H,33,34);1H/t26-;/m0./s1. The van der Waals surface area contributed by atoms with Crippen molar-refractivity contribution in [3.05, 3.63) is 120 Å². The number of carbonyl (C=O) groups is 3. The third kappa shape index (κ3) is 7.32. The molecule has 0 saturated carbocycles. The molecule has 0 aliphatic rings. The van der Waals surface area contributed by atoms with E-state index in [-0.39, 0.29) is 42.0 Å². The van der Waals surface area contributed by atoms with Crippen LogP contribution in [-0.4, -0.2) is 29.4 Å². The van der Waals surface area contributed by atoms with E-state index in [1.165, 1.54) is 0 Å². The van der Waals surface area contributed by atoms with Crippen LogP contribution < -0.4 is 28.8 Å². The number of ketones is 1. The van der Waals surface area contributed by atoms with Crippen molar-refractivity contribution in [3.8, 4) is 11.1 Å². The normalized spacial score (nSPS) is 11.1. The predicted molar refractivity (Wildman–Crippen MR) is 150 cm³/mol. The Morgan fingerprint density at radius 2 is 1.37 bits per heavy atom. The molecule has 0 fully saturated rings. The van der Waals surface area contributed by atoms with Crippen LogP contribution in [0.4, 0.5) is 11.4 Å². The van der Waals surface area contributed by atoms with E-state index in [0.717, 1.165) is 16.7 Å². The number of anilines is 2. The van der Waals surface area contributed by atoms with Gasteiger partial charge < -0.3 is 28.8 Å². The molecule has 0 unspecified atom stereocenters. The molecular weight excluding hydrogens is 518 g/mol. The van der Waals surface area contributed by atoms with Gasteiger partial charge >= 0.3 is 0 Å². The minimum Gasteiger partial charge on any atom is -1.00 e. The summed E-state index contributed by atoms with van der Waals surface area (Å²) in [5.41, 5.74) is 8.36. The first kappa shape index (κ1) is 28.7. The summed E-state index contributed by atoms with van der Waals surface area (Å²) in [4.78, 5) is 38.5. The number of rotatable bonds is 9. The van der Waals surface area contributed by atoms with Crippen molar-refractivity contribution in [2.24, 2.45) is 0 Å². The van der Waals surface area contributed by atoms with Crippen LogP contribution in [0.5, 0.6) is 0 Å². The number of carbonyl (C=O) groups excluding carboxylic acids is 3. The van der Waals surface area contributed by atoms with Crippen LogP contribution in [0.25, 0.3) is 11.1 Å². The lowest BCUT2D eigenvalue weighted by molar-refractivity contribution is -0.395. The first-order valence-electron chi connectivity index (χ1n) is 11.9. The number of halogens is 1. The number of amides is 2. The molecule has 0 bridgehead atoms. The Morgan fingerprint density at radius 1 is 0.763 bits per heavy atom.